The lowest BCUT2D eigenvalue weighted by atomic mass is 10.2. The van der Waals surface area contributed by atoms with Gasteiger partial charge in [-0.05, 0) is 36.4 Å². The maximum atomic E-state index is 12.5. The van der Waals surface area contributed by atoms with Crippen molar-refractivity contribution in [1.29, 1.82) is 0 Å². The number of ether oxygens (including phenoxy) is 3. The highest BCUT2D eigenvalue weighted by Gasteiger charge is 2.26. The number of alkyl halides is 2. The topological polar surface area (TPSA) is 108 Å². The molecular weight excluding hydrogens is 400 g/mol. The monoisotopic (exact) mass is 413 g/mol. The standard InChI is InChI=1S/C17H13F2NO7S/c18-17(19)28(23,24)12-4-1-10(2-5-12)16(22)25-8-15(21)20-11-3-6-13-14(7-11)27-9-26-13/h1-7,17H,8-9H2,(H,20,21). The Hall–Kier alpha value is -3.21. The van der Waals surface area contributed by atoms with Crippen molar-refractivity contribution in [3.05, 3.63) is 48.0 Å². The van der Waals surface area contributed by atoms with E-state index in [0.717, 1.165) is 24.3 Å². The molecule has 0 saturated heterocycles. The van der Waals surface area contributed by atoms with E-state index in [1.165, 1.54) is 0 Å². The van der Waals surface area contributed by atoms with Gasteiger partial charge in [-0.3, -0.25) is 4.79 Å². The van der Waals surface area contributed by atoms with E-state index >= 15 is 0 Å². The second-order valence-electron chi connectivity index (χ2n) is 5.52. The number of rotatable bonds is 6. The lowest BCUT2D eigenvalue weighted by molar-refractivity contribution is -0.119. The van der Waals surface area contributed by atoms with E-state index in [1.54, 1.807) is 18.2 Å². The molecule has 8 nitrogen and oxygen atoms in total. The third kappa shape index (κ3) is 4.19. The van der Waals surface area contributed by atoms with Crippen LogP contribution in [0.25, 0.3) is 0 Å². The number of amides is 1. The molecule has 2 aromatic rings. The van der Waals surface area contributed by atoms with Crippen molar-refractivity contribution < 1.29 is 41.0 Å². The number of nitrogens with one attached hydrogen (secondary N) is 1. The molecule has 2 aromatic carbocycles. The molecule has 1 aliphatic heterocycles. The van der Waals surface area contributed by atoms with Crippen LogP contribution in [0.15, 0.2) is 47.4 Å². The van der Waals surface area contributed by atoms with E-state index in [-0.39, 0.29) is 12.4 Å². The maximum Gasteiger partial charge on any atom is 0.341 e. The lowest BCUT2D eigenvalue weighted by Crippen LogP contribution is -2.21. The van der Waals surface area contributed by atoms with E-state index < -0.39 is 39.0 Å². The summed E-state index contributed by atoms with van der Waals surface area (Å²) in [5.74, 6) is -4.09. The molecule has 28 heavy (non-hydrogen) atoms. The van der Waals surface area contributed by atoms with Crippen LogP contribution in [0.3, 0.4) is 0 Å². The third-order valence-electron chi connectivity index (χ3n) is 3.64. The summed E-state index contributed by atoms with van der Waals surface area (Å²) < 4.78 is 62.8. The Kier molecular flexibility index (Phi) is 5.45. The number of esters is 1. The fraction of sp³-hybridized carbons (Fsp3) is 0.176. The average molecular weight is 413 g/mol. The minimum Gasteiger partial charge on any atom is -0.454 e. The molecule has 1 amide bonds. The van der Waals surface area contributed by atoms with Gasteiger partial charge in [-0.25, -0.2) is 13.2 Å². The summed E-state index contributed by atoms with van der Waals surface area (Å²) in [6, 6.07) is 8.51. The second kappa shape index (κ2) is 7.80. The first kappa shape index (κ1) is 19.5. The first-order valence-electron chi connectivity index (χ1n) is 7.76. The van der Waals surface area contributed by atoms with Crippen molar-refractivity contribution in [2.75, 3.05) is 18.7 Å². The summed E-state index contributed by atoms with van der Waals surface area (Å²) in [5, 5.41) is 2.51. The minimum absolute atomic E-state index is 0.0851. The Balaban J connectivity index is 1.55. The van der Waals surface area contributed by atoms with Crippen LogP contribution in [-0.4, -0.2) is 39.5 Å². The molecule has 0 spiro atoms. The van der Waals surface area contributed by atoms with Crippen molar-refractivity contribution in [1.82, 2.24) is 0 Å². The summed E-state index contributed by atoms with van der Waals surface area (Å²) in [6.07, 6.45) is 0. The normalized spacial score (nSPS) is 12.7. The quantitative estimate of drug-likeness (QED) is 0.724. The molecule has 0 aromatic heterocycles. The largest absolute Gasteiger partial charge is 0.454 e. The van der Waals surface area contributed by atoms with Crippen molar-refractivity contribution in [3.63, 3.8) is 0 Å². The summed E-state index contributed by atoms with van der Waals surface area (Å²) in [7, 11) is -4.75. The van der Waals surface area contributed by atoms with Crippen molar-refractivity contribution in [2.24, 2.45) is 0 Å². The summed E-state index contributed by atoms with van der Waals surface area (Å²) >= 11 is 0. The average Bonchev–Trinajstić information content (AvgIpc) is 3.14. The second-order valence-corrected chi connectivity index (χ2v) is 7.44. The fourth-order valence-electron chi connectivity index (χ4n) is 2.27. The van der Waals surface area contributed by atoms with Crippen LogP contribution < -0.4 is 14.8 Å². The van der Waals surface area contributed by atoms with Gasteiger partial charge in [0.05, 0.1) is 10.5 Å². The molecular formula is C17H13F2NO7S. The molecule has 0 unspecified atom stereocenters. The first-order valence-corrected chi connectivity index (χ1v) is 9.31. The number of halogens is 2. The van der Waals surface area contributed by atoms with Crippen molar-refractivity contribution >= 4 is 27.4 Å². The Bertz CT molecular complexity index is 1010. The number of fused-ring (bicyclic) bond motifs is 1. The van der Waals surface area contributed by atoms with Gasteiger partial charge in [0.25, 0.3) is 5.91 Å². The highest BCUT2D eigenvalue weighted by Crippen LogP contribution is 2.34. The highest BCUT2D eigenvalue weighted by molar-refractivity contribution is 7.91. The van der Waals surface area contributed by atoms with Crippen LogP contribution in [0.4, 0.5) is 14.5 Å². The van der Waals surface area contributed by atoms with Crippen LogP contribution in [0.2, 0.25) is 0 Å². The number of carbonyl (C=O) groups excluding carboxylic acids is 2. The van der Waals surface area contributed by atoms with Crippen LogP contribution >= 0.6 is 0 Å². The number of hydrogen-bond acceptors (Lipinski definition) is 7. The molecule has 1 heterocycles. The highest BCUT2D eigenvalue weighted by atomic mass is 32.2. The van der Waals surface area contributed by atoms with Gasteiger partial charge < -0.3 is 19.5 Å². The van der Waals surface area contributed by atoms with Gasteiger partial charge in [0.2, 0.25) is 16.6 Å². The number of hydrogen-bond donors (Lipinski definition) is 1. The number of benzene rings is 2. The van der Waals surface area contributed by atoms with Gasteiger partial charge >= 0.3 is 11.7 Å². The lowest BCUT2D eigenvalue weighted by Gasteiger charge is -2.08. The van der Waals surface area contributed by atoms with Crippen molar-refractivity contribution in [2.45, 2.75) is 10.7 Å². The Morgan fingerprint density at radius 1 is 1.07 bits per heavy atom. The molecule has 3 rings (SSSR count). The van der Waals surface area contributed by atoms with Gasteiger partial charge in [0, 0.05) is 11.8 Å². The minimum atomic E-state index is -4.75. The molecule has 0 saturated carbocycles. The zero-order chi connectivity index (χ0) is 20.3. The van der Waals surface area contributed by atoms with Crippen LogP contribution in [0.1, 0.15) is 10.4 Å². The van der Waals surface area contributed by atoms with Crippen molar-refractivity contribution in [3.8, 4) is 11.5 Å². The van der Waals surface area contributed by atoms with E-state index in [4.69, 9.17) is 14.2 Å². The molecule has 1 N–H and O–H groups in total. The predicted molar refractivity (Wildman–Crippen MR) is 91.1 cm³/mol. The molecule has 1 aliphatic rings. The fourth-order valence-corrected chi connectivity index (χ4v) is 2.99. The Labute approximate surface area is 157 Å². The smallest absolute Gasteiger partial charge is 0.341 e. The van der Waals surface area contributed by atoms with Gasteiger partial charge in [0.1, 0.15) is 0 Å². The first-order chi connectivity index (χ1) is 13.3. The zero-order valence-corrected chi connectivity index (χ0v) is 14.9. The van der Waals surface area contributed by atoms with Gasteiger partial charge in [0.15, 0.2) is 18.1 Å². The van der Waals surface area contributed by atoms with Gasteiger partial charge in [-0.1, -0.05) is 0 Å². The Morgan fingerprint density at radius 3 is 2.43 bits per heavy atom. The summed E-state index contributed by atoms with van der Waals surface area (Å²) in [5.41, 5.74) is 0.316. The Morgan fingerprint density at radius 2 is 1.75 bits per heavy atom. The molecule has 0 aliphatic carbocycles. The summed E-state index contributed by atoms with van der Waals surface area (Å²) in [6.45, 7) is -0.522. The van der Waals surface area contributed by atoms with E-state index in [2.05, 4.69) is 5.32 Å². The maximum absolute atomic E-state index is 12.5. The number of sulfone groups is 1. The molecule has 0 fully saturated rings. The van der Waals surface area contributed by atoms with Gasteiger partial charge in [-0.15, -0.1) is 0 Å². The molecule has 148 valence electrons. The van der Waals surface area contributed by atoms with Crippen LogP contribution in [-0.2, 0) is 19.4 Å². The van der Waals surface area contributed by atoms with E-state index in [1.807, 2.05) is 0 Å². The zero-order valence-electron chi connectivity index (χ0n) is 14.1. The number of anilines is 1. The van der Waals surface area contributed by atoms with Crippen LogP contribution in [0.5, 0.6) is 11.5 Å². The molecule has 0 atom stereocenters. The van der Waals surface area contributed by atoms with E-state index in [0.29, 0.717) is 17.2 Å². The number of carbonyl (C=O) groups is 2. The molecule has 0 bridgehead atoms. The van der Waals surface area contributed by atoms with E-state index in [9.17, 15) is 26.8 Å². The summed E-state index contributed by atoms with van der Waals surface area (Å²) in [4.78, 5) is 23.2. The van der Waals surface area contributed by atoms with Crippen LogP contribution in [0, 0.1) is 0 Å². The SMILES string of the molecule is O=C(COC(=O)c1ccc(S(=O)(=O)C(F)F)cc1)Nc1ccc2c(c1)OCO2. The third-order valence-corrected chi connectivity index (χ3v) is 5.04. The molecule has 11 heteroatoms. The molecule has 0 radical (unpaired) electrons. The van der Waals surface area contributed by atoms with Gasteiger partial charge in [-0.2, -0.15) is 8.78 Å². The predicted octanol–water partition coefficient (Wildman–Crippen LogP) is 2.21.